The maximum absolute atomic E-state index is 13.0. The molecule has 25 heavy (non-hydrogen) atoms. The Hall–Kier alpha value is -1.36. The Morgan fingerprint density at radius 3 is 2.20 bits per heavy atom. The van der Waals surface area contributed by atoms with E-state index in [9.17, 15) is 13.2 Å². The van der Waals surface area contributed by atoms with Crippen LogP contribution in [0.4, 0.5) is 0 Å². The van der Waals surface area contributed by atoms with Crippen LogP contribution in [-0.2, 0) is 25.8 Å². The molecule has 0 amide bonds. The molecule has 0 aliphatic rings. The van der Waals surface area contributed by atoms with E-state index in [-0.39, 0.29) is 18.8 Å². The van der Waals surface area contributed by atoms with Crippen molar-refractivity contribution in [1.29, 1.82) is 0 Å². The number of hydrogen-bond acceptors (Lipinski definition) is 4. The lowest BCUT2D eigenvalue weighted by Gasteiger charge is -2.27. The zero-order valence-electron chi connectivity index (χ0n) is 15.8. The molecular formula is C20H32O4S. The number of ether oxygens (including phenoxy) is 1. The third-order valence-corrected chi connectivity index (χ3v) is 7.05. The molecule has 0 aliphatic carbocycles. The number of esters is 1. The second-order valence-corrected chi connectivity index (χ2v) is 9.24. The molecule has 0 heterocycles. The van der Waals surface area contributed by atoms with Gasteiger partial charge >= 0.3 is 5.97 Å². The summed E-state index contributed by atoms with van der Waals surface area (Å²) in [7, 11) is -3.61. The zero-order chi connectivity index (χ0) is 18.8. The first-order valence-electron chi connectivity index (χ1n) is 9.31. The molecule has 1 aromatic rings. The van der Waals surface area contributed by atoms with E-state index < -0.39 is 20.6 Å². The van der Waals surface area contributed by atoms with Gasteiger partial charge in [-0.15, -0.1) is 0 Å². The minimum Gasteiger partial charge on any atom is -0.465 e. The smallest absolute Gasteiger partial charge is 0.327 e. The Bertz CT molecular complexity index is 610. The number of carbonyl (C=O) groups excluding carboxylic acids is 1. The van der Waals surface area contributed by atoms with Crippen LogP contribution in [0.1, 0.15) is 64.9 Å². The second-order valence-electron chi connectivity index (χ2n) is 6.70. The standard InChI is InChI=1S/C20H32O4S/c1-4-6-7-8-9-13-16-25(22,23)20(3,19(21)24-5-2)17-18-14-11-10-12-15-18/h10-12,14-15H,4-9,13,16-17H2,1-3H3/t20-/m0/s1. The highest BCUT2D eigenvalue weighted by Crippen LogP contribution is 2.27. The van der Waals surface area contributed by atoms with E-state index in [1.54, 1.807) is 6.92 Å². The fourth-order valence-electron chi connectivity index (χ4n) is 2.88. The van der Waals surface area contributed by atoms with Crippen molar-refractivity contribution in [2.75, 3.05) is 12.4 Å². The molecule has 142 valence electrons. The van der Waals surface area contributed by atoms with Crippen LogP contribution in [-0.4, -0.2) is 31.5 Å². The summed E-state index contributed by atoms with van der Waals surface area (Å²) in [6, 6.07) is 9.26. The molecule has 0 unspecified atom stereocenters. The van der Waals surface area contributed by atoms with Crippen LogP contribution in [0, 0.1) is 0 Å². The summed E-state index contributed by atoms with van der Waals surface area (Å²) in [5.74, 6) is -0.619. The average Bonchev–Trinajstić information content (AvgIpc) is 2.58. The van der Waals surface area contributed by atoms with Gasteiger partial charge in [-0.2, -0.15) is 0 Å². The molecule has 0 bridgehead atoms. The fraction of sp³-hybridized carbons (Fsp3) is 0.650. The summed E-state index contributed by atoms with van der Waals surface area (Å²) in [5, 5.41) is 0. The lowest BCUT2D eigenvalue weighted by atomic mass is 10.0. The first-order valence-corrected chi connectivity index (χ1v) is 11.0. The topological polar surface area (TPSA) is 60.4 Å². The van der Waals surface area contributed by atoms with Gasteiger partial charge < -0.3 is 4.74 Å². The molecule has 1 atom stereocenters. The molecule has 0 saturated carbocycles. The van der Waals surface area contributed by atoms with E-state index in [4.69, 9.17) is 4.74 Å². The first kappa shape index (κ1) is 21.7. The van der Waals surface area contributed by atoms with Crippen LogP contribution in [0.5, 0.6) is 0 Å². The molecule has 0 saturated heterocycles. The van der Waals surface area contributed by atoms with E-state index in [1.165, 1.54) is 13.3 Å². The van der Waals surface area contributed by atoms with Gasteiger partial charge in [-0.3, -0.25) is 4.79 Å². The van der Waals surface area contributed by atoms with Crippen molar-refractivity contribution in [3.63, 3.8) is 0 Å². The lowest BCUT2D eigenvalue weighted by Crippen LogP contribution is -2.48. The van der Waals surface area contributed by atoms with Gasteiger partial charge in [0.25, 0.3) is 0 Å². The van der Waals surface area contributed by atoms with Crippen molar-refractivity contribution < 1.29 is 17.9 Å². The number of sulfone groups is 1. The van der Waals surface area contributed by atoms with E-state index in [0.717, 1.165) is 31.2 Å². The highest BCUT2D eigenvalue weighted by Gasteiger charge is 2.47. The predicted molar refractivity (Wildman–Crippen MR) is 102 cm³/mol. The van der Waals surface area contributed by atoms with Crippen LogP contribution in [0.2, 0.25) is 0 Å². The normalized spacial score (nSPS) is 14.0. The third kappa shape index (κ3) is 6.46. The van der Waals surface area contributed by atoms with Gasteiger partial charge in [-0.1, -0.05) is 69.4 Å². The molecule has 0 N–H and O–H groups in total. The summed E-state index contributed by atoms with van der Waals surface area (Å²) < 4.78 is 29.5. The molecular weight excluding hydrogens is 336 g/mol. The molecule has 1 aromatic carbocycles. The van der Waals surface area contributed by atoms with E-state index >= 15 is 0 Å². The molecule has 0 fully saturated rings. The van der Waals surface area contributed by atoms with Crippen molar-refractivity contribution in [2.45, 2.75) is 70.5 Å². The summed E-state index contributed by atoms with van der Waals surface area (Å²) >= 11 is 0. The van der Waals surface area contributed by atoms with E-state index in [0.29, 0.717) is 6.42 Å². The van der Waals surface area contributed by atoms with Gasteiger partial charge in [-0.05, 0) is 25.8 Å². The Morgan fingerprint density at radius 1 is 1.00 bits per heavy atom. The van der Waals surface area contributed by atoms with Crippen LogP contribution in [0.15, 0.2) is 30.3 Å². The maximum Gasteiger partial charge on any atom is 0.327 e. The van der Waals surface area contributed by atoms with Gasteiger partial charge in [0.15, 0.2) is 14.6 Å². The Kier molecular flexibility index (Phi) is 9.19. The van der Waals surface area contributed by atoms with Crippen LogP contribution in [0.3, 0.4) is 0 Å². The van der Waals surface area contributed by atoms with Crippen molar-refractivity contribution in [3.05, 3.63) is 35.9 Å². The van der Waals surface area contributed by atoms with Crippen molar-refractivity contribution >= 4 is 15.8 Å². The van der Waals surface area contributed by atoms with E-state index in [2.05, 4.69) is 6.92 Å². The second kappa shape index (κ2) is 10.6. The van der Waals surface area contributed by atoms with Crippen molar-refractivity contribution in [2.24, 2.45) is 0 Å². The molecule has 0 aromatic heterocycles. The van der Waals surface area contributed by atoms with Crippen molar-refractivity contribution in [3.8, 4) is 0 Å². The SMILES string of the molecule is CCCCCCCCS(=O)(=O)[C@@](C)(Cc1ccccc1)C(=O)OCC. The monoisotopic (exact) mass is 368 g/mol. The maximum atomic E-state index is 13.0. The minimum absolute atomic E-state index is 0.0290. The highest BCUT2D eigenvalue weighted by atomic mass is 32.2. The summed E-state index contributed by atoms with van der Waals surface area (Å²) in [6.07, 6.45) is 6.13. The fourth-order valence-corrected chi connectivity index (χ4v) is 4.61. The van der Waals surface area contributed by atoms with Gasteiger partial charge in [0.05, 0.1) is 12.4 Å². The summed E-state index contributed by atoms with van der Waals surface area (Å²) in [5.41, 5.74) is 0.824. The van der Waals surface area contributed by atoms with Gasteiger partial charge in [0.1, 0.15) is 0 Å². The molecule has 5 heteroatoms. The average molecular weight is 369 g/mol. The Labute approximate surface area is 152 Å². The molecule has 0 spiro atoms. The van der Waals surface area contributed by atoms with Gasteiger partial charge in [0, 0.05) is 6.42 Å². The lowest BCUT2D eigenvalue weighted by molar-refractivity contribution is -0.145. The Morgan fingerprint density at radius 2 is 1.60 bits per heavy atom. The molecule has 0 aliphatic heterocycles. The summed E-state index contributed by atoms with van der Waals surface area (Å²) in [4.78, 5) is 12.5. The number of hydrogen-bond donors (Lipinski definition) is 0. The third-order valence-electron chi connectivity index (χ3n) is 4.54. The molecule has 4 nitrogen and oxygen atoms in total. The minimum atomic E-state index is -3.61. The number of unbranched alkanes of at least 4 members (excludes halogenated alkanes) is 5. The van der Waals surface area contributed by atoms with Crippen molar-refractivity contribution in [1.82, 2.24) is 0 Å². The van der Waals surface area contributed by atoms with Gasteiger partial charge in [0.2, 0.25) is 0 Å². The van der Waals surface area contributed by atoms with Crippen LogP contribution in [0.25, 0.3) is 0 Å². The summed E-state index contributed by atoms with van der Waals surface area (Å²) in [6.45, 7) is 5.53. The quantitative estimate of drug-likeness (QED) is 0.407. The van der Waals surface area contributed by atoms with E-state index in [1.807, 2.05) is 30.3 Å². The predicted octanol–water partition coefficient (Wildman–Crippen LogP) is 4.33. The number of carbonyl (C=O) groups is 1. The molecule has 0 radical (unpaired) electrons. The largest absolute Gasteiger partial charge is 0.465 e. The zero-order valence-corrected chi connectivity index (χ0v) is 16.6. The van der Waals surface area contributed by atoms with Crippen LogP contribution >= 0.6 is 0 Å². The number of benzene rings is 1. The first-order chi connectivity index (χ1) is 11.9. The Balaban J connectivity index is 2.84. The highest BCUT2D eigenvalue weighted by molar-refractivity contribution is 7.93. The van der Waals surface area contributed by atoms with Gasteiger partial charge in [-0.25, -0.2) is 8.42 Å². The van der Waals surface area contributed by atoms with Crippen LogP contribution < -0.4 is 0 Å². The number of rotatable bonds is 12. The molecule has 1 rings (SSSR count).